The van der Waals surface area contributed by atoms with Gasteiger partial charge in [-0.25, -0.2) is 17.6 Å². The molecule has 1 rings (SSSR count). The van der Waals surface area contributed by atoms with Gasteiger partial charge in [0, 0.05) is 12.8 Å². The second-order valence-electron chi connectivity index (χ2n) is 13.0. The molecular weight excluding hydrogens is 579 g/mol. The lowest BCUT2D eigenvalue weighted by Crippen LogP contribution is -2.43. The zero-order valence-electron chi connectivity index (χ0n) is 25.8. The standard InChI is InChI=1S/C30H42F7NOSi2/c1-18(2)41(19(3)4,20(5)6)17-13-15-21(14-12-16-40(10,11)29(7,8)9)28(39)38-27-25(33)23(31)22(30(35,36)37)24(32)26(27)34/h18-21H,14-15H2,1-11H3,(H,38,39). The van der Waals surface area contributed by atoms with Gasteiger partial charge in [0.05, 0.1) is 5.92 Å². The molecule has 0 radical (unpaired) electrons. The highest BCUT2D eigenvalue weighted by atomic mass is 28.3. The zero-order chi connectivity index (χ0) is 32.3. The van der Waals surface area contributed by atoms with Crippen LogP contribution >= 0.6 is 0 Å². The minimum absolute atomic E-state index is 0.0617. The van der Waals surface area contributed by atoms with Crippen LogP contribution in [0.3, 0.4) is 0 Å². The monoisotopic (exact) mass is 621 g/mol. The number of nitrogens with one attached hydrogen (secondary N) is 1. The number of hydrogen-bond donors (Lipinski definition) is 1. The summed E-state index contributed by atoms with van der Waals surface area (Å²) in [6.45, 7) is 22.9. The van der Waals surface area contributed by atoms with Crippen LogP contribution in [0.4, 0.5) is 36.4 Å². The maximum atomic E-state index is 14.5. The van der Waals surface area contributed by atoms with Crippen LogP contribution in [-0.4, -0.2) is 22.1 Å². The summed E-state index contributed by atoms with van der Waals surface area (Å²) in [6, 6.07) is 0. The first kappa shape index (κ1) is 36.8. The van der Waals surface area contributed by atoms with Crippen LogP contribution in [-0.2, 0) is 11.0 Å². The zero-order valence-corrected chi connectivity index (χ0v) is 27.8. The third-order valence-corrected chi connectivity index (χ3v) is 19.2. The highest BCUT2D eigenvalue weighted by Gasteiger charge is 2.43. The predicted molar refractivity (Wildman–Crippen MR) is 156 cm³/mol. The second kappa shape index (κ2) is 13.4. The molecule has 0 heterocycles. The molecule has 0 aliphatic heterocycles. The van der Waals surface area contributed by atoms with E-state index in [2.05, 4.69) is 98.3 Å². The van der Waals surface area contributed by atoms with Crippen molar-refractivity contribution in [2.45, 2.75) is 116 Å². The Labute approximate surface area is 242 Å². The van der Waals surface area contributed by atoms with Crippen LogP contribution in [0, 0.1) is 52.1 Å². The van der Waals surface area contributed by atoms with Crippen molar-refractivity contribution in [3.63, 3.8) is 0 Å². The van der Waals surface area contributed by atoms with Gasteiger partial charge >= 0.3 is 6.18 Å². The number of carbonyl (C=O) groups excluding carboxylic acids is 1. The summed E-state index contributed by atoms with van der Waals surface area (Å²) < 4.78 is 96.4. The Bertz CT molecular complexity index is 1190. The number of carbonyl (C=O) groups is 1. The molecule has 41 heavy (non-hydrogen) atoms. The number of benzene rings is 1. The number of amides is 1. The van der Waals surface area contributed by atoms with Crippen LogP contribution in [0.5, 0.6) is 0 Å². The van der Waals surface area contributed by atoms with Gasteiger partial charge in [0.1, 0.15) is 27.4 Å². The maximum absolute atomic E-state index is 14.5. The molecular formula is C30H42F7NOSi2. The van der Waals surface area contributed by atoms with Crippen molar-refractivity contribution in [3.8, 4) is 22.9 Å². The molecule has 0 aliphatic carbocycles. The third kappa shape index (κ3) is 8.19. The molecule has 0 saturated carbocycles. The second-order valence-corrected chi connectivity index (χ2v) is 23.6. The number of anilines is 1. The van der Waals surface area contributed by atoms with E-state index in [9.17, 15) is 35.5 Å². The molecule has 1 aromatic carbocycles. The lowest BCUT2D eigenvalue weighted by atomic mass is 10.0. The van der Waals surface area contributed by atoms with Gasteiger partial charge in [-0.2, -0.15) is 13.2 Å². The Morgan fingerprint density at radius 2 is 1.15 bits per heavy atom. The Hall–Kier alpha value is -2.25. The Balaban J connectivity index is 3.60. The fourth-order valence-electron chi connectivity index (χ4n) is 4.82. The summed E-state index contributed by atoms with van der Waals surface area (Å²) in [7, 11) is -4.29. The first-order valence-corrected chi connectivity index (χ1v) is 18.9. The first-order valence-electron chi connectivity index (χ1n) is 13.7. The van der Waals surface area contributed by atoms with E-state index in [0.29, 0.717) is 16.6 Å². The number of halogens is 7. The van der Waals surface area contributed by atoms with E-state index in [0.717, 1.165) is 0 Å². The first-order chi connectivity index (χ1) is 18.4. The van der Waals surface area contributed by atoms with Gasteiger partial charge in [-0.05, 0) is 21.7 Å². The number of hydrogen-bond acceptors (Lipinski definition) is 1. The largest absolute Gasteiger partial charge is 0.422 e. The van der Waals surface area contributed by atoms with Crippen LogP contribution in [0.15, 0.2) is 0 Å². The highest BCUT2D eigenvalue weighted by molar-refractivity contribution is 6.90. The molecule has 0 spiro atoms. The molecule has 1 unspecified atom stereocenters. The Kier molecular flexibility index (Phi) is 12.0. The van der Waals surface area contributed by atoms with Crippen molar-refractivity contribution in [3.05, 3.63) is 28.8 Å². The van der Waals surface area contributed by atoms with E-state index in [1.54, 1.807) is 5.32 Å². The summed E-state index contributed by atoms with van der Waals surface area (Å²) in [5.41, 5.74) is 3.26. The van der Waals surface area contributed by atoms with E-state index in [4.69, 9.17) is 0 Å². The van der Waals surface area contributed by atoms with E-state index in [-0.39, 0.29) is 17.9 Å². The molecule has 2 nitrogen and oxygen atoms in total. The molecule has 230 valence electrons. The lowest BCUT2D eigenvalue weighted by molar-refractivity contribution is -0.143. The van der Waals surface area contributed by atoms with E-state index in [1.807, 2.05) is 0 Å². The summed E-state index contributed by atoms with van der Waals surface area (Å²) >= 11 is 0. The van der Waals surface area contributed by atoms with Crippen molar-refractivity contribution >= 4 is 27.7 Å². The average molecular weight is 622 g/mol. The topological polar surface area (TPSA) is 29.1 Å². The number of alkyl halides is 3. The van der Waals surface area contributed by atoms with Crippen molar-refractivity contribution in [2.24, 2.45) is 5.92 Å². The van der Waals surface area contributed by atoms with Crippen LogP contribution in [0.1, 0.15) is 80.7 Å². The summed E-state index contributed by atoms with van der Waals surface area (Å²) in [5.74, 6) is -5.96. The maximum Gasteiger partial charge on any atom is 0.422 e. The van der Waals surface area contributed by atoms with Gasteiger partial charge in [0.2, 0.25) is 5.91 Å². The van der Waals surface area contributed by atoms with Gasteiger partial charge in [-0.15, -0.1) is 22.9 Å². The SMILES string of the molecule is CC(C)[Si](C#CCC(CC#C[Si](C)(C)C(C)(C)C)C(=O)Nc1c(F)c(F)c(C(F)(F)F)c(F)c1F)(C(C)C)C(C)C. The summed E-state index contributed by atoms with van der Waals surface area (Å²) in [4.78, 5) is 13.2. The molecule has 1 N–H and O–H groups in total. The minimum Gasteiger partial charge on any atom is -0.321 e. The van der Waals surface area contributed by atoms with E-state index in [1.165, 1.54) is 0 Å². The normalized spacial score (nSPS) is 13.6. The van der Waals surface area contributed by atoms with Crippen LogP contribution < -0.4 is 5.32 Å². The average Bonchev–Trinajstić information content (AvgIpc) is 2.79. The molecule has 0 aliphatic rings. The summed E-state index contributed by atoms with van der Waals surface area (Å²) in [5, 5.41) is 1.70. The van der Waals surface area contributed by atoms with Crippen LogP contribution in [0.2, 0.25) is 34.8 Å². The van der Waals surface area contributed by atoms with Crippen LogP contribution in [0.25, 0.3) is 0 Å². The van der Waals surface area contributed by atoms with E-state index >= 15 is 0 Å². The fourth-order valence-corrected chi connectivity index (χ4v) is 11.0. The quantitative estimate of drug-likeness (QED) is 0.140. The van der Waals surface area contributed by atoms with Crippen molar-refractivity contribution in [1.29, 1.82) is 0 Å². The summed E-state index contributed by atoms with van der Waals surface area (Å²) in [6.07, 6.45) is -5.81. The molecule has 1 aromatic rings. The molecule has 1 atom stereocenters. The number of rotatable bonds is 7. The minimum atomic E-state index is -5.69. The smallest absolute Gasteiger partial charge is 0.321 e. The lowest BCUT2D eigenvalue weighted by Gasteiger charge is -2.38. The fraction of sp³-hybridized carbons (Fsp3) is 0.633. The third-order valence-electron chi connectivity index (χ3n) is 8.31. The van der Waals surface area contributed by atoms with Gasteiger partial charge < -0.3 is 5.32 Å². The van der Waals surface area contributed by atoms with Gasteiger partial charge in [-0.3, -0.25) is 4.79 Å². The Morgan fingerprint density at radius 3 is 1.49 bits per heavy atom. The predicted octanol–water partition coefficient (Wildman–Crippen LogP) is 9.87. The Morgan fingerprint density at radius 1 is 0.756 bits per heavy atom. The van der Waals surface area contributed by atoms with Crippen molar-refractivity contribution in [2.75, 3.05) is 5.32 Å². The van der Waals surface area contributed by atoms with Gasteiger partial charge in [-0.1, -0.05) is 75.4 Å². The molecule has 0 bridgehead atoms. The van der Waals surface area contributed by atoms with Gasteiger partial charge in [0.15, 0.2) is 23.3 Å². The van der Waals surface area contributed by atoms with Crippen molar-refractivity contribution < 1.29 is 35.5 Å². The molecule has 0 fully saturated rings. The highest BCUT2D eigenvalue weighted by Crippen LogP contribution is 2.41. The molecule has 0 aromatic heterocycles. The van der Waals surface area contributed by atoms with E-state index < -0.39 is 68.7 Å². The molecule has 0 saturated heterocycles. The van der Waals surface area contributed by atoms with Gasteiger partial charge in [0.25, 0.3) is 0 Å². The molecule has 1 amide bonds. The van der Waals surface area contributed by atoms with Crippen molar-refractivity contribution in [1.82, 2.24) is 0 Å². The molecule has 11 heteroatoms.